The normalized spacial score (nSPS) is 35.8. The van der Waals surface area contributed by atoms with Gasteiger partial charge in [-0.3, -0.25) is 23.9 Å². The average Bonchev–Trinajstić information content (AvgIpc) is 3.14. The molecule has 10 nitrogen and oxygen atoms in total. The summed E-state index contributed by atoms with van der Waals surface area (Å²) in [5, 5.41) is 12.2. The second-order valence-corrected chi connectivity index (χ2v) is 12.2. The number of allylic oxidation sites excluding steroid dienone is 2. The van der Waals surface area contributed by atoms with Crippen LogP contribution in [0.4, 0.5) is 0 Å². The van der Waals surface area contributed by atoms with Crippen LogP contribution in [-0.4, -0.2) is 59.9 Å². The number of hydrogen-bond donors (Lipinski definition) is 1. The lowest BCUT2D eigenvalue weighted by Gasteiger charge is -2.62. The first-order valence-electron chi connectivity index (χ1n) is 14.1. The van der Waals surface area contributed by atoms with Crippen LogP contribution < -0.4 is 0 Å². The fourth-order valence-electron chi connectivity index (χ4n) is 6.93. The van der Waals surface area contributed by atoms with Crippen molar-refractivity contribution in [2.45, 2.75) is 105 Å². The molecule has 1 N–H and O–H groups in total. The molecule has 41 heavy (non-hydrogen) atoms. The summed E-state index contributed by atoms with van der Waals surface area (Å²) < 4.78 is 28.9. The van der Waals surface area contributed by atoms with Gasteiger partial charge in [0.15, 0.2) is 0 Å². The van der Waals surface area contributed by atoms with Gasteiger partial charge in [-0.05, 0) is 42.6 Å². The Kier molecular flexibility index (Phi) is 9.91. The van der Waals surface area contributed by atoms with Gasteiger partial charge in [0.05, 0.1) is 5.41 Å². The molecule has 0 aromatic rings. The van der Waals surface area contributed by atoms with E-state index in [2.05, 4.69) is 13.2 Å². The van der Waals surface area contributed by atoms with Crippen LogP contribution in [0.25, 0.3) is 0 Å². The number of esters is 4. The van der Waals surface area contributed by atoms with Gasteiger partial charge < -0.3 is 24.1 Å². The summed E-state index contributed by atoms with van der Waals surface area (Å²) >= 11 is 0. The molecule has 228 valence electrons. The largest absolute Gasteiger partial charge is 0.459 e. The third-order valence-corrected chi connectivity index (χ3v) is 8.91. The van der Waals surface area contributed by atoms with Crippen molar-refractivity contribution in [2.24, 2.45) is 28.6 Å². The van der Waals surface area contributed by atoms with Crippen LogP contribution in [0.15, 0.2) is 36.5 Å². The minimum absolute atomic E-state index is 0.0750. The molecule has 0 bridgehead atoms. The summed E-state index contributed by atoms with van der Waals surface area (Å²) in [6.45, 7) is 19.3. The third-order valence-electron chi connectivity index (χ3n) is 8.91. The van der Waals surface area contributed by atoms with E-state index in [1.165, 1.54) is 20.8 Å². The molecule has 0 unspecified atom stereocenters. The topological polar surface area (TPSA) is 135 Å². The zero-order valence-electron chi connectivity index (χ0n) is 25.1. The van der Waals surface area contributed by atoms with E-state index < -0.39 is 77.4 Å². The minimum atomic E-state index is -1.48. The van der Waals surface area contributed by atoms with E-state index in [1.54, 1.807) is 12.2 Å². The molecule has 1 heterocycles. The Balaban J connectivity index is 2.29. The van der Waals surface area contributed by atoms with Crippen molar-refractivity contribution < 1.29 is 48.0 Å². The molecule has 10 heteroatoms. The monoisotopic (exact) mass is 576 g/mol. The Morgan fingerprint density at radius 3 is 2.24 bits per heavy atom. The van der Waals surface area contributed by atoms with Crippen molar-refractivity contribution in [3.8, 4) is 0 Å². The van der Waals surface area contributed by atoms with Gasteiger partial charge in [-0.1, -0.05) is 52.5 Å². The van der Waals surface area contributed by atoms with E-state index in [0.29, 0.717) is 18.4 Å². The van der Waals surface area contributed by atoms with Crippen molar-refractivity contribution in [1.29, 1.82) is 0 Å². The zero-order chi connectivity index (χ0) is 30.9. The molecule has 1 aliphatic heterocycles. The van der Waals surface area contributed by atoms with Crippen LogP contribution in [0.5, 0.6) is 0 Å². The molecule has 0 aromatic carbocycles. The van der Waals surface area contributed by atoms with E-state index in [4.69, 9.17) is 23.7 Å². The van der Waals surface area contributed by atoms with Crippen LogP contribution in [-0.2, 0) is 42.9 Å². The molecule has 0 radical (unpaired) electrons. The van der Waals surface area contributed by atoms with Gasteiger partial charge in [0.25, 0.3) is 0 Å². The van der Waals surface area contributed by atoms with Gasteiger partial charge in [0, 0.05) is 38.7 Å². The lowest BCUT2D eigenvalue weighted by molar-refractivity contribution is -0.276. The molecule has 1 spiro atoms. The standard InChI is InChI=1S/C31H44O10/c1-10-17(4)11-12-30(9)18(5)26(37-19(6)32)27(36)31-23(28(38-20(7)33)41-29(31)39-21(8)34)14-22(15-24(30)31)40-25(35)13-16(2)3/h10,14,16,18,22,24,26-29,36H,1,4,11-13,15H2,2-3,5-9H3/t18-,22+,24+,26+,27+,28+,29-,30+,31-/m0/s1. The Morgan fingerprint density at radius 2 is 1.71 bits per heavy atom. The van der Waals surface area contributed by atoms with Crippen LogP contribution in [0, 0.1) is 28.6 Å². The number of ether oxygens (including phenoxy) is 5. The first kappa shape index (κ1) is 32.5. The minimum Gasteiger partial charge on any atom is -0.459 e. The van der Waals surface area contributed by atoms with Gasteiger partial charge in [0.2, 0.25) is 12.6 Å². The predicted molar refractivity (Wildman–Crippen MR) is 148 cm³/mol. The number of rotatable bonds is 10. The molecule has 9 atom stereocenters. The Labute approximate surface area is 242 Å². The zero-order valence-corrected chi connectivity index (χ0v) is 25.1. The molecule has 2 aliphatic carbocycles. The van der Waals surface area contributed by atoms with Crippen molar-refractivity contribution in [2.75, 3.05) is 0 Å². The first-order chi connectivity index (χ1) is 19.1. The number of aliphatic hydroxyl groups is 1. The molecule has 2 fully saturated rings. The van der Waals surface area contributed by atoms with Gasteiger partial charge in [0.1, 0.15) is 18.3 Å². The van der Waals surface area contributed by atoms with Crippen LogP contribution in [0.3, 0.4) is 0 Å². The highest BCUT2D eigenvalue weighted by atomic mass is 16.8. The molecule has 0 amide bonds. The van der Waals surface area contributed by atoms with E-state index in [1.807, 2.05) is 27.7 Å². The van der Waals surface area contributed by atoms with Crippen LogP contribution in [0.1, 0.15) is 74.1 Å². The Hall–Kier alpha value is -2.98. The highest BCUT2D eigenvalue weighted by molar-refractivity contribution is 5.70. The summed E-state index contributed by atoms with van der Waals surface area (Å²) in [6.07, 6.45) is -1.05. The summed E-state index contributed by atoms with van der Waals surface area (Å²) in [5.74, 6) is -3.17. The summed E-state index contributed by atoms with van der Waals surface area (Å²) in [4.78, 5) is 49.6. The molecule has 1 saturated carbocycles. The average molecular weight is 577 g/mol. The van der Waals surface area contributed by atoms with Gasteiger partial charge in [-0.2, -0.15) is 0 Å². The lowest BCUT2D eigenvalue weighted by atomic mass is 9.44. The summed E-state index contributed by atoms with van der Waals surface area (Å²) in [7, 11) is 0. The van der Waals surface area contributed by atoms with Crippen molar-refractivity contribution in [1.82, 2.24) is 0 Å². The van der Waals surface area contributed by atoms with Crippen LogP contribution >= 0.6 is 0 Å². The number of hydrogen-bond acceptors (Lipinski definition) is 10. The van der Waals surface area contributed by atoms with Gasteiger partial charge >= 0.3 is 23.9 Å². The highest BCUT2D eigenvalue weighted by Gasteiger charge is 2.74. The molecular weight excluding hydrogens is 532 g/mol. The van der Waals surface area contributed by atoms with Gasteiger partial charge in [-0.15, -0.1) is 0 Å². The maximum absolute atomic E-state index is 12.8. The Bertz CT molecular complexity index is 1110. The Morgan fingerprint density at radius 1 is 1.10 bits per heavy atom. The molecule has 3 rings (SSSR count). The SMILES string of the molecule is C=CC(=C)CC[C@@]1(C)[C@H]2C[C@H](OC(=O)CC(C)C)C=C3[C@H](OC(C)=O)O[C@H](OC(C)=O)[C@@]32[C@H](O)[C@H](OC(C)=O)[C@@H]1C. The number of carbonyl (C=O) groups excluding carboxylic acids is 4. The van der Waals surface area contributed by atoms with Crippen LogP contribution in [0.2, 0.25) is 0 Å². The van der Waals surface area contributed by atoms with Crippen molar-refractivity contribution >= 4 is 23.9 Å². The number of carbonyl (C=O) groups is 4. The molecule has 1 saturated heterocycles. The molecular formula is C31H44O10. The second-order valence-electron chi connectivity index (χ2n) is 12.2. The first-order valence-corrected chi connectivity index (χ1v) is 14.1. The number of aliphatic hydroxyl groups excluding tert-OH is 1. The van der Waals surface area contributed by atoms with Crippen molar-refractivity contribution in [3.05, 3.63) is 36.5 Å². The fourth-order valence-corrected chi connectivity index (χ4v) is 6.93. The maximum atomic E-state index is 12.8. The highest BCUT2D eigenvalue weighted by Crippen LogP contribution is 2.67. The van der Waals surface area contributed by atoms with E-state index in [0.717, 1.165) is 5.57 Å². The summed E-state index contributed by atoms with van der Waals surface area (Å²) in [6, 6.07) is 0. The lowest BCUT2D eigenvalue weighted by Crippen LogP contribution is -2.68. The van der Waals surface area contributed by atoms with Crippen molar-refractivity contribution in [3.63, 3.8) is 0 Å². The smallest absolute Gasteiger partial charge is 0.306 e. The van der Waals surface area contributed by atoms with E-state index in [9.17, 15) is 24.3 Å². The second kappa shape index (κ2) is 12.5. The van der Waals surface area contributed by atoms with E-state index in [-0.39, 0.29) is 18.8 Å². The van der Waals surface area contributed by atoms with Gasteiger partial charge in [-0.25, -0.2) is 0 Å². The molecule has 0 aromatic heterocycles. The quantitative estimate of drug-likeness (QED) is 0.175. The van der Waals surface area contributed by atoms with E-state index >= 15 is 0 Å². The summed E-state index contributed by atoms with van der Waals surface area (Å²) in [5.41, 5.74) is -1.08. The predicted octanol–water partition coefficient (Wildman–Crippen LogP) is 4.16. The fraction of sp³-hybridized carbons (Fsp3) is 0.677. The maximum Gasteiger partial charge on any atom is 0.306 e. The molecule has 3 aliphatic rings. The third kappa shape index (κ3) is 6.28.